The largest absolute Gasteiger partial charge is 0.497 e. The summed E-state index contributed by atoms with van der Waals surface area (Å²) in [5.74, 6) is 0.865. The molecule has 5 heteroatoms. The van der Waals surface area contributed by atoms with Gasteiger partial charge in [-0.15, -0.1) is 0 Å². The number of rotatable bonds is 2. The number of pyridine rings is 1. The number of fused-ring (bicyclic) bond motifs is 2. The molecular formula is C14H13ClN2O2. The lowest BCUT2D eigenvalue weighted by Gasteiger charge is -2.05. The molecule has 19 heavy (non-hydrogen) atoms. The summed E-state index contributed by atoms with van der Waals surface area (Å²) in [6, 6.07) is 5.53. The lowest BCUT2D eigenvalue weighted by Crippen LogP contribution is -1.88. The number of aryl methyl sites for hydroxylation is 1. The number of nitrogens with zero attached hydrogens (tertiary/aromatic N) is 2. The topological polar surface area (TPSA) is 47.3 Å². The highest BCUT2D eigenvalue weighted by atomic mass is 35.5. The summed E-state index contributed by atoms with van der Waals surface area (Å²) in [5, 5.41) is 12.0. The molecule has 0 spiro atoms. The van der Waals surface area contributed by atoms with Gasteiger partial charge in [0.25, 0.3) is 0 Å². The number of hydrogen-bond donors (Lipinski definition) is 1. The van der Waals surface area contributed by atoms with E-state index < -0.39 is 0 Å². The van der Waals surface area contributed by atoms with Gasteiger partial charge in [0.15, 0.2) is 0 Å². The monoisotopic (exact) mass is 276 g/mol. The molecule has 2 aromatic heterocycles. The quantitative estimate of drug-likeness (QED) is 0.778. The van der Waals surface area contributed by atoms with E-state index in [1.807, 2.05) is 25.1 Å². The van der Waals surface area contributed by atoms with E-state index in [0.29, 0.717) is 28.2 Å². The molecule has 3 rings (SSSR count). The first kappa shape index (κ1) is 12.1. The van der Waals surface area contributed by atoms with E-state index in [1.165, 1.54) is 0 Å². The van der Waals surface area contributed by atoms with Crippen LogP contribution in [-0.2, 0) is 6.54 Å². The van der Waals surface area contributed by atoms with E-state index in [4.69, 9.17) is 16.3 Å². The standard InChI is InChI=1S/C14H13ClN2O2/c1-3-17-7-11-12(14(17)18)13(15)9-6-8(19-2)4-5-10(9)16-11/h4-7,18H,3H2,1-2H3. The number of aromatic nitrogens is 2. The molecular weight excluding hydrogens is 264 g/mol. The van der Waals surface area contributed by atoms with Crippen LogP contribution in [0.15, 0.2) is 24.4 Å². The highest BCUT2D eigenvalue weighted by molar-refractivity contribution is 6.40. The molecule has 2 heterocycles. The van der Waals surface area contributed by atoms with Crippen LogP contribution in [0.25, 0.3) is 21.8 Å². The van der Waals surface area contributed by atoms with Gasteiger partial charge in [0, 0.05) is 18.1 Å². The third-order valence-corrected chi connectivity index (χ3v) is 3.66. The second kappa shape index (κ2) is 4.31. The molecule has 4 nitrogen and oxygen atoms in total. The molecule has 0 bridgehead atoms. The zero-order valence-corrected chi connectivity index (χ0v) is 11.4. The van der Waals surface area contributed by atoms with Crippen LogP contribution in [0.3, 0.4) is 0 Å². The van der Waals surface area contributed by atoms with Gasteiger partial charge in [-0.25, -0.2) is 4.98 Å². The van der Waals surface area contributed by atoms with Crippen molar-refractivity contribution in [3.63, 3.8) is 0 Å². The summed E-state index contributed by atoms with van der Waals surface area (Å²) in [4.78, 5) is 4.52. The van der Waals surface area contributed by atoms with Crippen molar-refractivity contribution in [2.75, 3.05) is 7.11 Å². The molecule has 1 N–H and O–H groups in total. The van der Waals surface area contributed by atoms with E-state index in [2.05, 4.69) is 4.98 Å². The van der Waals surface area contributed by atoms with Crippen LogP contribution in [0.5, 0.6) is 11.6 Å². The Bertz CT molecular complexity index is 780. The first-order chi connectivity index (χ1) is 9.15. The molecule has 0 aliphatic heterocycles. The smallest absolute Gasteiger partial charge is 0.202 e. The minimum absolute atomic E-state index is 0.153. The fourth-order valence-corrected chi connectivity index (χ4v) is 2.58. The van der Waals surface area contributed by atoms with E-state index in [0.717, 1.165) is 10.9 Å². The van der Waals surface area contributed by atoms with Gasteiger partial charge in [-0.1, -0.05) is 11.6 Å². The molecule has 0 aliphatic carbocycles. The summed E-state index contributed by atoms with van der Waals surface area (Å²) in [6.07, 6.45) is 1.81. The Morgan fingerprint density at radius 3 is 2.84 bits per heavy atom. The minimum atomic E-state index is 0.153. The second-order valence-corrected chi connectivity index (χ2v) is 4.69. The van der Waals surface area contributed by atoms with Gasteiger partial charge in [0.05, 0.1) is 28.6 Å². The van der Waals surface area contributed by atoms with E-state index >= 15 is 0 Å². The van der Waals surface area contributed by atoms with Crippen LogP contribution in [0.2, 0.25) is 5.02 Å². The zero-order chi connectivity index (χ0) is 13.6. The van der Waals surface area contributed by atoms with Crippen molar-refractivity contribution in [2.24, 2.45) is 0 Å². The zero-order valence-electron chi connectivity index (χ0n) is 10.6. The van der Waals surface area contributed by atoms with Gasteiger partial charge in [0.1, 0.15) is 5.75 Å². The third kappa shape index (κ3) is 1.71. The maximum absolute atomic E-state index is 10.2. The van der Waals surface area contributed by atoms with E-state index in [9.17, 15) is 5.11 Å². The predicted octanol–water partition coefficient (Wildman–Crippen LogP) is 3.58. The maximum Gasteiger partial charge on any atom is 0.202 e. The molecule has 0 saturated heterocycles. The van der Waals surface area contributed by atoms with E-state index in [-0.39, 0.29) is 5.88 Å². The Balaban J connectivity index is 2.44. The van der Waals surface area contributed by atoms with Gasteiger partial charge in [-0.3, -0.25) is 0 Å². The van der Waals surface area contributed by atoms with Gasteiger partial charge >= 0.3 is 0 Å². The Morgan fingerprint density at radius 2 is 2.16 bits per heavy atom. The molecule has 0 atom stereocenters. The molecule has 0 aliphatic rings. The summed E-state index contributed by atoms with van der Waals surface area (Å²) in [7, 11) is 1.60. The molecule has 0 amide bonds. The Labute approximate surface area is 115 Å². The lowest BCUT2D eigenvalue weighted by molar-refractivity contribution is 0.415. The Kier molecular flexibility index (Phi) is 2.75. The van der Waals surface area contributed by atoms with Crippen LogP contribution in [-0.4, -0.2) is 21.8 Å². The van der Waals surface area contributed by atoms with Crippen molar-refractivity contribution in [1.82, 2.24) is 9.55 Å². The SMILES string of the molecule is CCn1cc2nc3ccc(OC)cc3c(Cl)c2c1O. The molecule has 0 unspecified atom stereocenters. The third-order valence-electron chi connectivity index (χ3n) is 3.27. The van der Waals surface area contributed by atoms with Crippen molar-refractivity contribution in [1.29, 1.82) is 0 Å². The number of methoxy groups -OCH3 is 1. The number of halogens is 1. The average Bonchev–Trinajstić information content (AvgIpc) is 2.75. The van der Waals surface area contributed by atoms with Crippen LogP contribution >= 0.6 is 11.6 Å². The fourth-order valence-electron chi connectivity index (χ4n) is 2.25. The summed E-state index contributed by atoms with van der Waals surface area (Å²) in [6.45, 7) is 2.62. The van der Waals surface area contributed by atoms with Gasteiger partial charge < -0.3 is 14.4 Å². The molecule has 0 fully saturated rings. The molecule has 0 radical (unpaired) electrons. The lowest BCUT2D eigenvalue weighted by atomic mass is 10.1. The normalized spacial score (nSPS) is 11.3. The first-order valence-electron chi connectivity index (χ1n) is 6.00. The van der Waals surface area contributed by atoms with Gasteiger partial charge in [-0.2, -0.15) is 0 Å². The molecule has 98 valence electrons. The highest BCUT2D eigenvalue weighted by Crippen LogP contribution is 2.38. The van der Waals surface area contributed by atoms with Gasteiger partial charge in [0.2, 0.25) is 5.88 Å². The Morgan fingerprint density at radius 1 is 1.37 bits per heavy atom. The predicted molar refractivity (Wildman–Crippen MR) is 76.1 cm³/mol. The fraction of sp³-hybridized carbons (Fsp3) is 0.214. The summed E-state index contributed by atoms with van der Waals surface area (Å²) < 4.78 is 6.91. The van der Waals surface area contributed by atoms with Crippen molar-refractivity contribution < 1.29 is 9.84 Å². The summed E-state index contributed by atoms with van der Waals surface area (Å²) >= 11 is 6.41. The van der Waals surface area contributed by atoms with Crippen LogP contribution in [0.1, 0.15) is 6.92 Å². The van der Waals surface area contributed by atoms with Crippen molar-refractivity contribution in [3.8, 4) is 11.6 Å². The second-order valence-electron chi connectivity index (χ2n) is 4.31. The molecule has 1 aromatic carbocycles. The number of ether oxygens (including phenoxy) is 1. The van der Waals surface area contributed by atoms with Crippen LogP contribution in [0.4, 0.5) is 0 Å². The Hall–Kier alpha value is -1.94. The number of benzene rings is 1. The molecule has 0 saturated carbocycles. The molecule has 3 aromatic rings. The van der Waals surface area contributed by atoms with Crippen molar-refractivity contribution in [2.45, 2.75) is 13.5 Å². The van der Waals surface area contributed by atoms with Gasteiger partial charge in [-0.05, 0) is 25.1 Å². The average molecular weight is 277 g/mol. The first-order valence-corrected chi connectivity index (χ1v) is 6.38. The van der Waals surface area contributed by atoms with Crippen LogP contribution in [0, 0.1) is 0 Å². The van der Waals surface area contributed by atoms with E-state index in [1.54, 1.807) is 17.9 Å². The minimum Gasteiger partial charge on any atom is -0.497 e. The van der Waals surface area contributed by atoms with Crippen molar-refractivity contribution >= 4 is 33.4 Å². The summed E-state index contributed by atoms with van der Waals surface area (Å²) in [5.41, 5.74) is 1.48. The van der Waals surface area contributed by atoms with Crippen LogP contribution < -0.4 is 4.74 Å². The maximum atomic E-state index is 10.2. The highest BCUT2D eigenvalue weighted by Gasteiger charge is 2.15. The van der Waals surface area contributed by atoms with Crippen molar-refractivity contribution in [3.05, 3.63) is 29.4 Å². The number of aromatic hydroxyl groups is 1. The number of hydrogen-bond acceptors (Lipinski definition) is 3.